The Balaban J connectivity index is 2.72. The second-order valence-corrected chi connectivity index (χ2v) is 3.43. The van der Waals surface area contributed by atoms with Crippen molar-refractivity contribution in [1.82, 2.24) is 0 Å². The van der Waals surface area contributed by atoms with Crippen LogP contribution in [0.5, 0.6) is 0 Å². The Labute approximate surface area is 67.5 Å². The van der Waals surface area contributed by atoms with Crippen LogP contribution in [-0.2, 0) is 4.79 Å². The van der Waals surface area contributed by atoms with Gasteiger partial charge in [0.05, 0.1) is 5.92 Å². The molecule has 0 aromatic carbocycles. The van der Waals surface area contributed by atoms with E-state index in [1.807, 2.05) is 6.08 Å². The van der Waals surface area contributed by atoms with Crippen LogP contribution < -0.4 is 5.73 Å². The van der Waals surface area contributed by atoms with Crippen LogP contribution in [0.25, 0.3) is 0 Å². The predicted molar refractivity (Wildman–Crippen MR) is 44.8 cm³/mol. The maximum atomic E-state index is 10.9. The Kier molecular flexibility index (Phi) is 2.32. The molecule has 0 aromatic heterocycles. The molecule has 0 saturated heterocycles. The fourth-order valence-corrected chi connectivity index (χ4v) is 1.54. The largest absolute Gasteiger partial charge is 0.369 e. The number of primary amides is 1. The molecule has 2 heteroatoms. The molecule has 0 saturated carbocycles. The summed E-state index contributed by atoms with van der Waals surface area (Å²) in [4.78, 5) is 10.9. The van der Waals surface area contributed by atoms with E-state index in [0.29, 0.717) is 11.8 Å². The number of hydrogen-bond donors (Lipinski definition) is 1. The number of nitrogens with two attached hydrogens (primary N) is 1. The molecule has 1 amide bonds. The summed E-state index contributed by atoms with van der Waals surface area (Å²) in [7, 11) is 0. The van der Waals surface area contributed by atoms with Crippen molar-refractivity contribution in [2.24, 2.45) is 23.5 Å². The lowest BCUT2D eigenvalue weighted by Crippen LogP contribution is -2.32. The number of carbonyl (C=O) groups is 1. The van der Waals surface area contributed by atoms with Crippen LogP contribution in [0, 0.1) is 17.8 Å². The number of allylic oxidation sites excluding steroid dienone is 1. The van der Waals surface area contributed by atoms with Gasteiger partial charge in [0.25, 0.3) is 0 Å². The molecule has 11 heavy (non-hydrogen) atoms. The second-order valence-electron chi connectivity index (χ2n) is 3.43. The molecule has 0 aromatic rings. The lowest BCUT2D eigenvalue weighted by atomic mass is 9.78. The maximum Gasteiger partial charge on any atom is 0.224 e. The first-order chi connectivity index (χ1) is 5.13. The SMILES string of the molecule is CC1CC=CC(C(N)=O)C1C. The Morgan fingerprint density at radius 1 is 1.55 bits per heavy atom. The molecule has 1 aliphatic rings. The van der Waals surface area contributed by atoms with E-state index in [4.69, 9.17) is 5.73 Å². The molecule has 1 rings (SSSR count). The Hall–Kier alpha value is -0.790. The van der Waals surface area contributed by atoms with Crippen molar-refractivity contribution in [1.29, 1.82) is 0 Å². The maximum absolute atomic E-state index is 10.9. The summed E-state index contributed by atoms with van der Waals surface area (Å²) in [6, 6.07) is 0. The standard InChI is InChI=1S/C9H15NO/c1-6-4-3-5-8(7(6)2)9(10)11/h3,5-8H,4H2,1-2H3,(H2,10,11). The first-order valence-corrected chi connectivity index (χ1v) is 4.09. The van der Waals surface area contributed by atoms with Crippen molar-refractivity contribution in [3.05, 3.63) is 12.2 Å². The van der Waals surface area contributed by atoms with Gasteiger partial charge in [-0.25, -0.2) is 0 Å². The van der Waals surface area contributed by atoms with Crippen molar-refractivity contribution in [3.63, 3.8) is 0 Å². The van der Waals surface area contributed by atoms with Crippen molar-refractivity contribution < 1.29 is 4.79 Å². The van der Waals surface area contributed by atoms with Crippen LogP contribution in [0.4, 0.5) is 0 Å². The number of hydrogen-bond acceptors (Lipinski definition) is 1. The van der Waals surface area contributed by atoms with E-state index < -0.39 is 0 Å². The lowest BCUT2D eigenvalue weighted by Gasteiger charge is -2.27. The normalized spacial score (nSPS) is 37.1. The van der Waals surface area contributed by atoms with Gasteiger partial charge < -0.3 is 5.73 Å². The Morgan fingerprint density at radius 2 is 2.18 bits per heavy atom. The van der Waals surface area contributed by atoms with E-state index in [1.165, 1.54) is 0 Å². The average molecular weight is 153 g/mol. The van der Waals surface area contributed by atoms with Crippen LogP contribution in [-0.4, -0.2) is 5.91 Å². The minimum absolute atomic E-state index is 0.0428. The molecule has 0 bridgehead atoms. The van der Waals surface area contributed by atoms with Gasteiger partial charge in [0.15, 0.2) is 0 Å². The highest BCUT2D eigenvalue weighted by molar-refractivity contribution is 5.79. The minimum atomic E-state index is -0.194. The second kappa shape index (κ2) is 3.07. The molecule has 0 fully saturated rings. The van der Waals surface area contributed by atoms with Crippen LogP contribution in [0.1, 0.15) is 20.3 Å². The quantitative estimate of drug-likeness (QED) is 0.567. The van der Waals surface area contributed by atoms with E-state index in [0.717, 1.165) is 6.42 Å². The molecule has 0 radical (unpaired) electrons. The molecule has 62 valence electrons. The van der Waals surface area contributed by atoms with Crippen LogP contribution >= 0.6 is 0 Å². The average Bonchev–Trinajstić information content (AvgIpc) is 1.94. The molecule has 0 aliphatic heterocycles. The lowest BCUT2D eigenvalue weighted by molar-refractivity contribution is -0.122. The highest BCUT2D eigenvalue weighted by Crippen LogP contribution is 2.28. The molecule has 0 spiro atoms. The molecular weight excluding hydrogens is 138 g/mol. The first-order valence-electron chi connectivity index (χ1n) is 4.09. The van der Waals surface area contributed by atoms with Gasteiger partial charge in [-0.05, 0) is 18.3 Å². The number of amides is 1. The van der Waals surface area contributed by atoms with E-state index in [1.54, 1.807) is 0 Å². The number of carbonyl (C=O) groups excluding carboxylic acids is 1. The molecule has 3 unspecified atom stereocenters. The third-order valence-corrected chi connectivity index (χ3v) is 2.64. The van der Waals surface area contributed by atoms with Gasteiger partial charge in [-0.15, -0.1) is 0 Å². The van der Waals surface area contributed by atoms with Crippen molar-refractivity contribution in [2.75, 3.05) is 0 Å². The van der Waals surface area contributed by atoms with Crippen LogP contribution in [0.15, 0.2) is 12.2 Å². The molecular formula is C9H15NO. The van der Waals surface area contributed by atoms with E-state index in [2.05, 4.69) is 19.9 Å². The molecule has 3 atom stereocenters. The van der Waals surface area contributed by atoms with Gasteiger partial charge in [0, 0.05) is 0 Å². The van der Waals surface area contributed by atoms with Crippen molar-refractivity contribution in [2.45, 2.75) is 20.3 Å². The first kappa shape index (κ1) is 8.31. The molecule has 0 heterocycles. The zero-order valence-corrected chi connectivity index (χ0v) is 7.08. The zero-order valence-electron chi connectivity index (χ0n) is 7.08. The third kappa shape index (κ3) is 1.62. The summed E-state index contributed by atoms with van der Waals surface area (Å²) in [5, 5.41) is 0. The molecule has 2 N–H and O–H groups in total. The monoisotopic (exact) mass is 153 g/mol. The van der Waals surface area contributed by atoms with Crippen LogP contribution in [0.2, 0.25) is 0 Å². The fourth-order valence-electron chi connectivity index (χ4n) is 1.54. The van der Waals surface area contributed by atoms with Crippen molar-refractivity contribution >= 4 is 5.91 Å². The summed E-state index contributed by atoms with van der Waals surface area (Å²) in [5.41, 5.74) is 5.23. The zero-order chi connectivity index (χ0) is 8.43. The molecule has 2 nitrogen and oxygen atoms in total. The topological polar surface area (TPSA) is 43.1 Å². The van der Waals surface area contributed by atoms with Gasteiger partial charge in [-0.2, -0.15) is 0 Å². The highest BCUT2D eigenvalue weighted by atomic mass is 16.1. The van der Waals surface area contributed by atoms with Gasteiger partial charge in [-0.1, -0.05) is 26.0 Å². The van der Waals surface area contributed by atoms with Gasteiger partial charge in [-0.3, -0.25) is 4.79 Å². The van der Waals surface area contributed by atoms with Crippen LogP contribution in [0.3, 0.4) is 0 Å². The predicted octanol–water partition coefficient (Wildman–Crippen LogP) is 1.32. The molecule has 1 aliphatic carbocycles. The smallest absolute Gasteiger partial charge is 0.224 e. The van der Waals surface area contributed by atoms with Crippen molar-refractivity contribution in [3.8, 4) is 0 Å². The minimum Gasteiger partial charge on any atom is -0.369 e. The summed E-state index contributed by atoms with van der Waals surface area (Å²) in [6.45, 7) is 4.24. The summed E-state index contributed by atoms with van der Waals surface area (Å²) in [5.74, 6) is 0.744. The Bertz CT molecular complexity index is 186. The number of rotatable bonds is 1. The summed E-state index contributed by atoms with van der Waals surface area (Å²) in [6.07, 6.45) is 5.07. The fraction of sp³-hybridized carbons (Fsp3) is 0.667. The summed E-state index contributed by atoms with van der Waals surface area (Å²) >= 11 is 0. The van der Waals surface area contributed by atoms with E-state index >= 15 is 0 Å². The third-order valence-electron chi connectivity index (χ3n) is 2.64. The Morgan fingerprint density at radius 3 is 2.64 bits per heavy atom. The van der Waals surface area contributed by atoms with E-state index in [-0.39, 0.29) is 11.8 Å². The van der Waals surface area contributed by atoms with Gasteiger partial charge in [0.2, 0.25) is 5.91 Å². The summed E-state index contributed by atoms with van der Waals surface area (Å²) < 4.78 is 0. The van der Waals surface area contributed by atoms with E-state index in [9.17, 15) is 4.79 Å². The highest BCUT2D eigenvalue weighted by Gasteiger charge is 2.26. The van der Waals surface area contributed by atoms with Gasteiger partial charge >= 0.3 is 0 Å². The van der Waals surface area contributed by atoms with Gasteiger partial charge in [0.1, 0.15) is 0 Å².